The zero-order chi connectivity index (χ0) is 30.2. The van der Waals surface area contributed by atoms with Gasteiger partial charge in [-0.1, -0.05) is 0 Å². The van der Waals surface area contributed by atoms with E-state index in [0.717, 1.165) is 5.56 Å². The molecule has 1 atom stereocenters. The molecule has 4 aromatic rings. The number of nitrogens with zero attached hydrogens (tertiary/aromatic N) is 1. The van der Waals surface area contributed by atoms with E-state index in [0.29, 0.717) is 30.6 Å². The average Bonchev–Trinajstić information content (AvgIpc) is 3.04. The summed E-state index contributed by atoms with van der Waals surface area (Å²) in [6.07, 6.45) is 0. The molecular formula is C34H37GeNO6Sn. The summed E-state index contributed by atoms with van der Waals surface area (Å²) in [4.78, 5) is 14.1. The molecule has 9 heteroatoms. The van der Waals surface area contributed by atoms with Crippen LogP contribution in [0.5, 0.6) is 5.75 Å². The van der Waals surface area contributed by atoms with E-state index >= 15 is 0 Å². The van der Waals surface area contributed by atoms with Crippen molar-refractivity contribution < 1.29 is 30.0 Å². The Hall–Kier alpha value is -2.67. The monoisotopic (exact) mass is 749 g/mol. The normalized spacial score (nSPS) is 11.6. The molecule has 0 aliphatic rings. The van der Waals surface area contributed by atoms with E-state index in [1.165, 1.54) is 13.2 Å². The molecule has 0 saturated carbocycles. The quantitative estimate of drug-likeness (QED) is 0.147. The molecule has 4 aromatic carbocycles. The van der Waals surface area contributed by atoms with Gasteiger partial charge in [0.25, 0.3) is 0 Å². The van der Waals surface area contributed by atoms with Crippen LogP contribution in [0.3, 0.4) is 0 Å². The fraction of sp³-hybridized carbons (Fsp3) is 0.265. The first-order valence-electron chi connectivity index (χ1n) is 14.0. The number of carbonyl (C=O) groups excluding carboxylic acids is 1. The maximum absolute atomic E-state index is 12.5. The summed E-state index contributed by atoms with van der Waals surface area (Å²) < 4.78 is 8.95. The molecule has 0 saturated heterocycles. The van der Waals surface area contributed by atoms with Crippen molar-refractivity contribution in [1.29, 1.82) is 0 Å². The number of hydrogen-bond donors (Lipinski definition) is 0. The minimum Gasteiger partial charge on any atom is -0.854 e. The van der Waals surface area contributed by atoms with Gasteiger partial charge in [-0.3, -0.25) is 0 Å². The molecule has 43 heavy (non-hydrogen) atoms. The number of hydrogen-bond acceptors (Lipinski definition) is 7. The van der Waals surface area contributed by atoms with Crippen LogP contribution in [0.4, 0.5) is 0 Å². The van der Waals surface area contributed by atoms with Gasteiger partial charge in [-0.25, -0.2) is 0 Å². The molecule has 0 N–H and O–H groups in total. The van der Waals surface area contributed by atoms with Crippen molar-refractivity contribution in [3.8, 4) is 5.75 Å². The minimum absolute atomic E-state index is 0. The molecule has 1 unspecified atom stereocenters. The molecule has 4 rings (SSSR count). The maximum Gasteiger partial charge on any atom is 4.00 e. The van der Waals surface area contributed by atoms with Crippen molar-refractivity contribution in [3.63, 3.8) is 0 Å². The molecule has 0 bridgehead atoms. The van der Waals surface area contributed by atoms with E-state index in [9.17, 15) is 25.2 Å². The van der Waals surface area contributed by atoms with Crippen molar-refractivity contribution in [2.24, 2.45) is 0 Å². The van der Waals surface area contributed by atoms with Crippen LogP contribution in [0.1, 0.15) is 11.5 Å². The summed E-state index contributed by atoms with van der Waals surface area (Å²) in [5.41, 5.74) is 0.739. The van der Waals surface area contributed by atoms with Gasteiger partial charge >= 0.3 is 216 Å². The average molecular weight is 747 g/mol. The van der Waals surface area contributed by atoms with Crippen molar-refractivity contribution in [2.45, 2.75) is 11.2 Å². The Labute approximate surface area is 274 Å². The van der Waals surface area contributed by atoms with Crippen molar-refractivity contribution >= 4 is 56.3 Å². The van der Waals surface area contributed by atoms with Gasteiger partial charge in [-0.15, -0.1) is 19.8 Å². The number of methoxy groups -OCH3 is 1. The van der Waals surface area contributed by atoms with Crippen LogP contribution in [0.2, 0.25) is 5.25 Å². The number of carboxylic acids is 1. The molecule has 0 heterocycles. The number of benzene rings is 4. The summed E-state index contributed by atoms with van der Waals surface area (Å²) in [6, 6.07) is 38.5. The summed E-state index contributed by atoms with van der Waals surface area (Å²) in [5, 5.41) is 43.2. The fourth-order valence-electron chi connectivity index (χ4n) is 5.22. The molecular weight excluding hydrogens is 710 g/mol. The van der Waals surface area contributed by atoms with Gasteiger partial charge in [0.1, 0.15) is 0 Å². The van der Waals surface area contributed by atoms with Gasteiger partial charge in [-0.2, -0.15) is 0 Å². The Morgan fingerprint density at radius 3 is 1.35 bits per heavy atom. The minimum atomic E-state index is -3.42. The zero-order valence-electron chi connectivity index (χ0n) is 24.4. The van der Waals surface area contributed by atoms with Crippen LogP contribution in [-0.4, -0.2) is 94.6 Å². The first kappa shape index (κ1) is 36.5. The van der Waals surface area contributed by atoms with Crippen molar-refractivity contribution in [3.05, 3.63) is 121 Å². The van der Waals surface area contributed by atoms with Gasteiger partial charge in [0.2, 0.25) is 0 Å². The smallest absolute Gasteiger partial charge is 0.854 e. The largest absolute Gasteiger partial charge is 4.00 e. The molecule has 0 aromatic heterocycles. The summed E-state index contributed by atoms with van der Waals surface area (Å²) in [6.45, 7) is 0.263. The van der Waals surface area contributed by atoms with Gasteiger partial charge in [0.05, 0.1) is 0 Å². The van der Waals surface area contributed by atoms with Crippen LogP contribution >= 0.6 is 0 Å². The third kappa shape index (κ3) is 10.2. The second-order valence-electron chi connectivity index (χ2n) is 9.81. The molecule has 0 fully saturated rings. The number of carboxylic acid groups (broad SMARTS) is 1. The molecule has 0 aliphatic carbocycles. The van der Waals surface area contributed by atoms with Gasteiger partial charge < -0.3 is 20.2 Å². The summed E-state index contributed by atoms with van der Waals surface area (Å²) in [7, 11) is 1.60. The van der Waals surface area contributed by atoms with E-state index in [1.54, 1.807) is 12.0 Å². The summed E-state index contributed by atoms with van der Waals surface area (Å²) >= 11 is -3.42. The van der Waals surface area contributed by atoms with Crippen LogP contribution in [0.15, 0.2) is 115 Å². The number of carbonyl (C=O) groups is 1. The van der Waals surface area contributed by atoms with Gasteiger partial charge in [0.15, 0.2) is 0 Å². The Morgan fingerprint density at radius 2 is 1.05 bits per heavy atom. The van der Waals surface area contributed by atoms with Gasteiger partial charge in [-0.05, 0) is 19.6 Å². The summed E-state index contributed by atoms with van der Waals surface area (Å²) in [5.74, 6) is -1.08. The second kappa shape index (κ2) is 19.6. The van der Waals surface area contributed by atoms with E-state index in [2.05, 4.69) is 36.4 Å². The maximum atomic E-state index is 12.5. The van der Waals surface area contributed by atoms with Crippen molar-refractivity contribution in [2.75, 3.05) is 46.6 Å². The predicted octanol–water partition coefficient (Wildman–Crippen LogP) is -1.31. The Morgan fingerprint density at radius 1 is 0.674 bits per heavy atom. The molecule has 222 valence electrons. The van der Waals surface area contributed by atoms with Crippen LogP contribution < -0.4 is 38.4 Å². The molecule has 7 nitrogen and oxygen atoms in total. The first-order chi connectivity index (χ1) is 20.5. The number of ether oxygens (including phenoxy) is 1. The molecule has 0 radical (unpaired) electrons. The Bertz CT molecular complexity index is 1200. The van der Waals surface area contributed by atoms with E-state index in [-0.39, 0.29) is 43.7 Å². The topological polar surface area (TPSA) is 122 Å². The Kier molecular flexibility index (Phi) is 16.6. The van der Waals surface area contributed by atoms with Crippen LogP contribution in [0.25, 0.3) is 0 Å². The SMILES string of the molecule is COc1ccc(C([CH2][Ge]([c]2ccccc2)([c]2ccccc2)[c]2ccccc2)C(=O)[O-])cc1.[O-]CCN(CC[O-])CC[O-].[Sn+4]. The third-order valence-electron chi connectivity index (χ3n) is 7.34. The fourth-order valence-corrected chi connectivity index (χ4v) is 15.7. The number of rotatable bonds is 14. The van der Waals surface area contributed by atoms with Crippen molar-refractivity contribution in [1.82, 2.24) is 4.90 Å². The number of aliphatic carboxylic acids is 1. The van der Waals surface area contributed by atoms with E-state index < -0.39 is 25.2 Å². The zero-order valence-corrected chi connectivity index (χ0v) is 29.3. The second-order valence-corrected chi connectivity index (χ2v) is 18.1. The van der Waals surface area contributed by atoms with E-state index in [1.807, 2.05) is 78.9 Å². The third-order valence-corrected chi connectivity index (χ3v) is 17.8. The Balaban J connectivity index is 0.000000507. The molecule has 0 spiro atoms. The van der Waals surface area contributed by atoms with E-state index in [4.69, 9.17) is 4.74 Å². The molecule has 0 amide bonds. The molecule has 0 aliphatic heterocycles. The standard InChI is InChI=1S/C28H26GeO3.C6H12NO3.Sn/c1-32-26-19-17-22(18-20-26)27(28(30)31)21-29(23-11-5-2-6-12-23,24-13-7-3-8-14-24)25-15-9-4-10-16-25;8-4-1-7(2-5-9)3-6-10;/h2-20,27H,21H2,1H3,(H,30,31);1-6H2;/q;-3;+4/p-1. The predicted molar refractivity (Wildman–Crippen MR) is 166 cm³/mol. The van der Waals surface area contributed by atoms with Crippen LogP contribution in [0, 0.1) is 0 Å². The van der Waals surface area contributed by atoms with Gasteiger partial charge in [0, 0.05) is 0 Å². The first-order valence-corrected chi connectivity index (χ1v) is 18.6. The van der Waals surface area contributed by atoms with Crippen LogP contribution in [-0.2, 0) is 4.79 Å².